The predicted octanol–water partition coefficient (Wildman–Crippen LogP) is 3.23. The number of hydrogen-bond acceptors (Lipinski definition) is 6. The van der Waals surface area contributed by atoms with Crippen molar-refractivity contribution in [1.29, 1.82) is 0 Å². The van der Waals surface area contributed by atoms with Crippen LogP contribution in [0.1, 0.15) is 23.0 Å². The average molecular weight is 424 g/mol. The second-order valence-corrected chi connectivity index (χ2v) is 8.18. The maximum Gasteiger partial charge on any atom is 0.343 e. The predicted molar refractivity (Wildman–Crippen MR) is 114 cm³/mol. The summed E-state index contributed by atoms with van der Waals surface area (Å²) < 4.78 is 38.0. The van der Waals surface area contributed by atoms with Gasteiger partial charge in [-0.2, -0.15) is 0 Å². The van der Waals surface area contributed by atoms with Crippen LogP contribution in [0.3, 0.4) is 0 Å². The van der Waals surface area contributed by atoms with Gasteiger partial charge in [-0.1, -0.05) is 18.2 Å². The molecule has 7 nitrogen and oxygen atoms in total. The highest BCUT2D eigenvalue weighted by molar-refractivity contribution is 7.92. The number of sulfonamides is 1. The average Bonchev–Trinajstić information content (AvgIpc) is 2.77. The molecule has 0 saturated carbocycles. The lowest BCUT2D eigenvalue weighted by Crippen LogP contribution is -2.29. The maximum atomic E-state index is 13.4. The number of hydrogen-bond donors (Lipinski definition) is 0. The Kier molecular flexibility index (Phi) is 5.94. The first-order valence-corrected chi connectivity index (χ1v) is 10.5. The number of terminal acetylenes is 1. The Hall–Kier alpha value is -3.57. The number of ether oxygens (including phenoxy) is 2. The van der Waals surface area contributed by atoms with Crippen LogP contribution in [0.2, 0.25) is 0 Å². The summed E-state index contributed by atoms with van der Waals surface area (Å²) in [5, 5.41) is 0.458. The van der Waals surface area contributed by atoms with Crippen LogP contribution in [0.5, 0.6) is 5.75 Å². The number of anilines is 1. The van der Waals surface area contributed by atoms with E-state index in [9.17, 15) is 13.2 Å². The van der Waals surface area contributed by atoms with E-state index in [1.54, 1.807) is 43.3 Å². The summed E-state index contributed by atoms with van der Waals surface area (Å²) in [6, 6.07) is 12.8. The minimum atomic E-state index is -4.03. The second kappa shape index (κ2) is 8.43. The summed E-state index contributed by atoms with van der Waals surface area (Å²) >= 11 is 0. The number of fused-ring (bicyclic) bond motifs is 1. The Bertz CT molecular complexity index is 1240. The van der Waals surface area contributed by atoms with Crippen LogP contribution in [0.4, 0.5) is 5.69 Å². The van der Waals surface area contributed by atoms with Gasteiger partial charge in [-0.05, 0) is 43.2 Å². The van der Waals surface area contributed by atoms with Crippen LogP contribution in [0.25, 0.3) is 10.9 Å². The number of carbonyl (C=O) groups excluding carboxylic acids is 1. The molecule has 0 aliphatic carbocycles. The molecular formula is C22H20N2O5S. The molecule has 0 unspecified atom stereocenters. The summed E-state index contributed by atoms with van der Waals surface area (Å²) in [6.07, 6.45) is 5.59. The van der Waals surface area contributed by atoms with Gasteiger partial charge in [-0.25, -0.2) is 18.2 Å². The molecule has 3 rings (SSSR count). The lowest BCUT2D eigenvalue weighted by Gasteiger charge is -2.24. The molecule has 154 valence electrons. The Morgan fingerprint density at radius 2 is 1.83 bits per heavy atom. The van der Waals surface area contributed by atoms with E-state index in [4.69, 9.17) is 15.9 Å². The normalized spacial score (nSPS) is 11.0. The van der Waals surface area contributed by atoms with E-state index in [-0.39, 0.29) is 28.4 Å². The summed E-state index contributed by atoms with van der Waals surface area (Å²) in [6.45, 7) is 1.75. The molecule has 0 atom stereocenters. The lowest BCUT2D eigenvalue weighted by atomic mass is 10.1. The molecule has 0 aliphatic rings. The van der Waals surface area contributed by atoms with Crippen molar-refractivity contribution < 1.29 is 22.7 Å². The Labute approximate surface area is 175 Å². The molecular weight excluding hydrogens is 404 g/mol. The quantitative estimate of drug-likeness (QED) is 0.446. The number of esters is 1. The zero-order valence-electron chi connectivity index (χ0n) is 16.7. The highest BCUT2D eigenvalue weighted by atomic mass is 32.2. The maximum absolute atomic E-state index is 13.4. The topological polar surface area (TPSA) is 85.8 Å². The molecule has 8 heteroatoms. The van der Waals surface area contributed by atoms with Gasteiger partial charge in [0, 0.05) is 12.4 Å². The zero-order valence-corrected chi connectivity index (χ0v) is 17.6. The molecule has 1 aromatic heterocycles. The van der Waals surface area contributed by atoms with Crippen molar-refractivity contribution >= 4 is 32.6 Å². The monoisotopic (exact) mass is 424 g/mol. The van der Waals surface area contributed by atoms with Crippen LogP contribution >= 0.6 is 0 Å². The number of rotatable bonds is 6. The first-order valence-electron chi connectivity index (χ1n) is 9.04. The fraction of sp³-hybridized carbons (Fsp3) is 0.182. The SMILES string of the molecule is C#Cc1nc2ccccc2c(N(C)S(=O)(=O)c2ccc(OC)cc2)c1C(=O)OCC. The van der Waals surface area contributed by atoms with Gasteiger partial charge >= 0.3 is 5.97 Å². The van der Waals surface area contributed by atoms with Crippen molar-refractivity contribution in [1.82, 2.24) is 4.98 Å². The van der Waals surface area contributed by atoms with Gasteiger partial charge in [-0.15, -0.1) is 6.42 Å². The van der Waals surface area contributed by atoms with Crippen molar-refractivity contribution in [2.45, 2.75) is 11.8 Å². The van der Waals surface area contributed by atoms with Crippen LogP contribution < -0.4 is 9.04 Å². The van der Waals surface area contributed by atoms with E-state index >= 15 is 0 Å². The highest BCUT2D eigenvalue weighted by Crippen LogP contribution is 2.35. The second-order valence-electron chi connectivity index (χ2n) is 6.21. The van der Waals surface area contributed by atoms with E-state index in [1.165, 1.54) is 26.3 Å². The van der Waals surface area contributed by atoms with Crippen molar-refractivity contribution in [3.8, 4) is 18.1 Å². The Balaban J connectivity index is 2.30. The standard InChI is InChI=1S/C22H20N2O5S/c1-5-18-20(22(25)29-6-2)21(17-9-7-8-10-19(17)23-18)24(3)30(26,27)16-13-11-15(28-4)12-14-16/h1,7-14H,6H2,2-4H3. The number of para-hydroxylation sites is 1. The van der Waals surface area contributed by atoms with Crippen LogP contribution in [0, 0.1) is 12.3 Å². The van der Waals surface area contributed by atoms with E-state index in [2.05, 4.69) is 10.9 Å². The van der Waals surface area contributed by atoms with E-state index in [0.29, 0.717) is 16.7 Å². The molecule has 30 heavy (non-hydrogen) atoms. The molecule has 0 aliphatic heterocycles. The molecule has 2 aromatic carbocycles. The molecule has 0 fully saturated rings. The van der Waals surface area contributed by atoms with Gasteiger partial charge < -0.3 is 9.47 Å². The van der Waals surface area contributed by atoms with Crippen LogP contribution in [-0.4, -0.2) is 40.1 Å². The summed E-state index contributed by atoms with van der Waals surface area (Å²) in [4.78, 5) is 17.1. The highest BCUT2D eigenvalue weighted by Gasteiger charge is 2.30. The van der Waals surface area contributed by atoms with Gasteiger partial charge in [0.15, 0.2) is 0 Å². The number of aromatic nitrogens is 1. The molecule has 0 bridgehead atoms. The van der Waals surface area contributed by atoms with Crippen LogP contribution in [0.15, 0.2) is 53.4 Å². The first-order chi connectivity index (χ1) is 14.3. The molecule has 0 spiro atoms. The molecule has 1 heterocycles. The van der Waals surface area contributed by atoms with Gasteiger partial charge in [0.05, 0.1) is 29.8 Å². The summed E-state index contributed by atoms with van der Waals surface area (Å²) in [5.74, 6) is 2.16. The van der Waals surface area contributed by atoms with Crippen molar-refractivity contribution in [3.05, 3.63) is 59.8 Å². The Morgan fingerprint density at radius 1 is 1.17 bits per heavy atom. The van der Waals surface area contributed by atoms with E-state index in [1.807, 2.05) is 0 Å². The van der Waals surface area contributed by atoms with Gasteiger partial charge in [-0.3, -0.25) is 4.31 Å². The van der Waals surface area contributed by atoms with Gasteiger partial charge in [0.1, 0.15) is 17.0 Å². The minimum Gasteiger partial charge on any atom is -0.497 e. The fourth-order valence-corrected chi connectivity index (χ4v) is 4.27. The van der Waals surface area contributed by atoms with E-state index in [0.717, 1.165) is 4.31 Å². The van der Waals surface area contributed by atoms with E-state index < -0.39 is 16.0 Å². The summed E-state index contributed by atoms with van der Waals surface area (Å²) in [5.41, 5.74) is 0.518. The number of methoxy groups -OCH3 is 1. The van der Waals surface area contributed by atoms with Gasteiger partial charge in [0.2, 0.25) is 0 Å². The number of pyridine rings is 1. The molecule has 3 aromatic rings. The smallest absolute Gasteiger partial charge is 0.343 e. The van der Waals surface area contributed by atoms with Crippen molar-refractivity contribution in [3.63, 3.8) is 0 Å². The van der Waals surface area contributed by atoms with Crippen molar-refractivity contribution in [2.24, 2.45) is 0 Å². The lowest BCUT2D eigenvalue weighted by molar-refractivity contribution is 0.0526. The molecule has 0 radical (unpaired) electrons. The fourth-order valence-electron chi connectivity index (χ4n) is 3.05. The minimum absolute atomic E-state index is 0.0129. The number of nitrogens with zero attached hydrogens (tertiary/aromatic N) is 2. The largest absolute Gasteiger partial charge is 0.497 e. The molecule has 0 amide bonds. The summed E-state index contributed by atoms with van der Waals surface area (Å²) in [7, 11) is -1.17. The van der Waals surface area contributed by atoms with Gasteiger partial charge in [0.25, 0.3) is 10.0 Å². The number of benzene rings is 2. The zero-order chi connectivity index (χ0) is 21.9. The Morgan fingerprint density at radius 3 is 2.43 bits per heavy atom. The van der Waals surface area contributed by atoms with Crippen molar-refractivity contribution in [2.75, 3.05) is 25.1 Å². The third-order valence-corrected chi connectivity index (χ3v) is 6.29. The third-order valence-electron chi connectivity index (χ3n) is 4.51. The number of carbonyl (C=O) groups is 1. The third kappa shape index (κ3) is 3.67. The molecule has 0 saturated heterocycles. The molecule has 0 N–H and O–H groups in total. The van der Waals surface area contributed by atoms with Crippen LogP contribution in [-0.2, 0) is 14.8 Å². The first kappa shape index (κ1) is 21.1.